The molecule has 0 radical (unpaired) electrons. The maximum Gasteiger partial charge on any atom is 0.292 e. The van der Waals surface area contributed by atoms with Crippen LogP contribution in [0.4, 0.5) is 11.4 Å². The first-order chi connectivity index (χ1) is 9.15. The Labute approximate surface area is 120 Å². The van der Waals surface area contributed by atoms with Crippen LogP contribution >= 0.6 is 15.9 Å². The number of nitro groups is 1. The minimum absolute atomic E-state index is 0.201. The van der Waals surface area contributed by atoms with Crippen molar-refractivity contribution in [1.82, 2.24) is 5.32 Å². The number of piperidine rings is 1. The number of fused-ring (bicyclic) bond motifs is 1. The Morgan fingerprint density at radius 1 is 1.37 bits per heavy atom. The molecule has 2 aliphatic rings. The molecule has 1 N–H and O–H groups in total. The summed E-state index contributed by atoms with van der Waals surface area (Å²) < 4.78 is 0.889. The van der Waals surface area contributed by atoms with Gasteiger partial charge in [0.1, 0.15) is 5.69 Å². The fraction of sp³-hybridized carbons (Fsp3) is 0.538. The third-order valence-corrected chi connectivity index (χ3v) is 4.67. The van der Waals surface area contributed by atoms with Gasteiger partial charge in [-0.15, -0.1) is 0 Å². The average molecular weight is 326 g/mol. The van der Waals surface area contributed by atoms with Crippen molar-refractivity contribution in [1.29, 1.82) is 0 Å². The van der Waals surface area contributed by atoms with Gasteiger partial charge in [-0.1, -0.05) is 15.9 Å². The molecule has 19 heavy (non-hydrogen) atoms. The number of nitrogens with one attached hydrogen (secondary N) is 1. The average Bonchev–Trinajstić information content (AvgIpc) is 2.85. The molecule has 102 valence electrons. The van der Waals surface area contributed by atoms with Gasteiger partial charge in [0.2, 0.25) is 0 Å². The summed E-state index contributed by atoms with van der Waals surface area (Å²) in [4.78, 5) is 13.0. The molecule has 2 aliphatic heterocycles. The largest absolute Gasteiger partial charge is 0.366 e. The van der Waals surface area contributed by atoms with Crippen molar-refractivity contribution >= 4 is 27.3 Å². The van der Waals surface area contributed by atoms with Crippen LogP contribution in [0, 0.1) is 22.0 Å². The van der Waals surface area contributed by atoms with E-state index >= 15 is 0 Å². The van der Waals surface area contributed by atoms with Crippen LogP contribution in [-0.4, -0.2) is 31.1 Å². The molecule has 2 saturated heterocycles. The van der Waals surface area contributed by atoms with E-state index in [1.807, 2.05) is 6.07 Å². The number of halogens is 1. The van der Waals surface area contributed by atoms with Crippen LogP contribution in [0.2, 0.25) is 0 Å². The second kappa shape index (κ2) is 5.09. The van der Waals surface area contributed by atoms with E-state index in [-0.39, 0.29) is 10.6 Å². The minimum atomic E-state index is -0.291. The van der Waals surface area contributed by atoms with Crippen LogP contribution in [-0.2, 0) is 0 Å². The van der Waals surface area contributed by atoms with Crippen LogP contribution in [0.1, 0.15) is 6.42 Å². The van der Waals surface area contributed by atoms with Gasteiger partial charge in [0, 0.05) is 23.6 Å². The van der Waals surface area contributed by atoms with E-state index in [2.05, 4.69) is 26.1 Å². The van der Waals surface area contributed by atoms with Gasteiger partial charge in [0.15, 0.2) is 0 Å². The van der Waals surface area contributed by atoms with E-state index in [1.165, 1.54) is 0 Å². The number of nitrogens with zero attached hydrogens (tertiary/aromatic N) is 2. The normalized spacial score (nSPS) is 26.3. The van der Waals surface area contributed by atoms with Crippen molar-refractivity contribution in [2.24, 2.45) is 11.8 Å². The molecule has 6 heteroatoms. The van der Waals surface area contributed by atoms with Crippen molar-refractivity contribution in [3.05, 3.63) is 32.8 Å². The smallest absolute Gasteiger partial charge is 0.292 e. The Bertz CT molecular complexity index is 509. The highest BCUT2D eigenvalue weighted by Gasteiger charge is 2.34. The lowest BCUT2D eigenvalue weighted by atomic mass is 9.88. The van der Waals surface area contributed by atoms with Gasteiger partial charge in [-0.25, -0.2) is 0 Å². The van der Waals surface area contributed by atoms with E-state index in [1.54, 1.807) is 12.1 Å². The van der Waals surface area contributed by atoms with E-state index in [4.69, 9.17) is 0 Å². The van der Waals surface area contributed by atoms with Gasteiger partial charge in [-0.3, -0.25) is 10.1 Å². The van der Waals surface area contributed by atoms with Gasteiger partial charge in [0.25, 0.3) is 5.69 Å². The lowest BCUT2D eigenvalue weighted by Gasteiger charge is -2.35. The molecule has 0 bridgehead atoms. The maximum absolute atomic E-state index is 11.2. The topological polar surface area (TPSA) is 58.4 Å². The Balaban J connectivity index is 1.89. The summed E-state index contributed by atoms with van der Waals surface area (Å²) in [7, 11) is 0. The van der Waals surface area contributed by atoms with E-state index < -0.39 is 0 Å². The summed E-state index contributed by atoms with van der Waals surface area (Å²) in [5.41, 5.74) is 0.942. The minimum Gasteiger partial charge on any atom is -0.366 e. The van der Waals surface area contributed by atoms with E-state index in [9.17, 15) is 10.1 Å². The summed E-state index contributed by atoms with van der Waals surface area (Å²) in [6.45, 7) is 3.94. The highest BCUT2D eigenvalue weighted by Crippen LogP contribution is 2.36. The van der Waals surface area contributed by atoms with Crippen LogP contribution in [0.5, 0.6) is 0 Å². The number of hydrogen-bond donors (Lipinski definition) is 1. The van der Waals surface area contributed by atoms with Crippen LogP contribution in [0.25, 0.3) is 0 Å². The second-order valence-corrected chi connectivity index (χ2v) is 6.22. The predicted molar refractivity (Wildman–Crippen MR) is 77.5 cm³/mol. The first-order valence-electron chi connectivity index (χ1n) is 6.55. The third kappa shape index (κ3) is 2.47. The van der Waals surface area contributed by atoms with Gasteiger partial charge in [0.05, 0.1) is 4.92 Å². The van der Waals surface area contributed by atoms with Crippen molar-refractivity contribution in [3.63, 3.8) is 0 Å². The highest BCUT2D eigenvalue weighted by atomic mass is 79.9. The first-order valence-corrected chi connectivity index (χ1v) is 7.34. The zero-order valence-corrected chi connectivity index (χ0v) is 12.1. The molecular weight excluding hydrogens is 310 g/mol. The molecule has 0 aromatic heterocycles. The Kier molecular flexibility index (Phi) is 3.45. The fourth-order valence-electron chi connectivity index (χ4n) is 3.16. The second-order valence-electron chi connectivity index (χ2n) is 5.30. The summed E-state index contributed by atoms with van der Waals surface area (Å²) in [6, 6.07) is 5.17. The highest BCUT2D eigenvalue weighted by molar-refractivity contribution is 9.10. The Morgan fingerprint density at radius 2 is 2.16 bits per heavy atom. The van der Waals surface area contributed by atoms with E-state index in [0.717, 1.165) is 48.7 Å². The summed E-state index contributed by atoms with van der Waals surface area (Å²) in [5.74, 6) is 1.36. The van der Waals surface area contributed by atoms with Crippen molar-refractivity contribution in [3.8, 4) is 0 Å². The number of benzene rings is 1. The number of anilines is 1. The quantitative estimate of drug-likeness (QED) is 0.670. The summed E-state index contributed by atoms with van der Waals surface area (Å²) >= 11 is 3.41. The summed E-state index contributed by atoms with van der Waals surface area (Å²) in [6.07, 6.45) is 1.11. The van der Waals surface area contributed by atoms with E-state index in [0.29, 0.717) is 5.92 Å². The van der Waals surface area contributed by atoms with Crippen molar-refractivity contribution < 1.29 is 4.92 Å². The molecule has 2 heterocycles. The molecule has 0 aliphatic carbocycles. The predicted octanol–water partition coefficient (Wildman–Crippen LogP) is 2.40. The molecule has 3 rings (SSSR count). The molecule has 5 nitrogen and oxygen atoms in total. The van der Waals surface area contributed by atoms with Crippen LogP contribution < -0.4 is 10.2 Å². The third-order valence-electron chi connectivity index (χ3n) is 4.18. The molecule has 0 saturated carbocycles. The lowest BCUT2D eigenvalue weighted by Crippen LogP contribution is -2.40. The Hall–Kier alpha value is -1.14. The maximum atomic E-state index is 11.2. The molecule has 2 unspecified atom stereocenters. The molecule has 1 aromatic carbocycles. The molecule has 0 spiro atoms. The zero-order valence-electron chi connectivity index (χ0n) is 10.5. The number of hydrogen-bond acceptors (Lipinski definition) is 4. The zero-order chi connectivity index (χ0) is 13.4. The van der Waals surface area contributed by atoms with Crippen molar-refractivity contribution in [2.75, 3.05) is 31.1 Å². The fourth-order valence-corrected chi connectivity index (χ4v) is 3.51. The van der Waals surface area contributed by atoms with Gasteiger partial charge >= 0.3 is 0 Å². The lowest BCUT2D eigenvalue weighted by molar-refractivity contribution is -0.384. The van der Waals surface area contributed by atoms with Crippen LogP contribution in [0.3, 0.4) is 0 Å². The van der Waals surface area contributed by atoms with Gasteiger partial charge < -0.3 is 10.2 Å². The SMILES string of the molecule is O=[N+]([O-])c1ccc(Br)cc1N1CCC2CNCC2C1. The standard InChI is InChI=1S/C13H16BrN3O2/c14-11-1-2-12(17(18)19)13(5-11)16-4-3-9-6-15-7-10(9)8-16/h1-2,5,9-10,15H,3-4,6-8H2. The summed E-state index contributed by atoms with van der Waals surface area (Å²) in [5, 5.41) is 14.6. The molecule has 2 atom stereocenters. The molecule has 2 fully saturated rings. The number of nitro benzene ring substituents is 1. The first kappa shape index (κ1) is 12.9. The van der Waals surface area contributed by atoms with Gasteiger partial charge in [-0.2, -0.15) is 0 Å². The molecule has 1 aromatic rings. The number of rotatable bonds is 2. The van der Waals surface area contributed by atoms with Gasteiger partial charge in [-0.05, 0) is 43.5 Å². The molecule has 0 amide bonds. The van der Waals surface area contributed by atoms with Crippen LogP contribution in [0.15, 0.2) is 22.7 Å². The molecular formula is C13H16BrN3O2. The Morgan fingerprint density at radius 3 is 2.95 bits per heavy atom. The monoisotopic (exact) mass is 325 g/mol. The van der Waals surface area contributed by atoms with Crippen molar-refractivity contribution in [2.45, 2.75) is 6.42 Å².